The molecule has 3 saturated heterocycles. The highest BCUT2D eigenvalue weighted by Gasteiger charge is 3.11. The molecular weight excluding hydrogens is 490 g/mol. The van der Waals surface area contributed by atoms with Crippen LogP contribution in [0.4, 0.5) is 0 Å². The van der Waals surface area contributed by atoms with Crippen molar-refractivity contribution in [2.45, 2.75) is 98.2 Å². The number of aliphatic hydroxyl groups excluding tert-OH is 2. The van der Waals surface area contributed by atoms with Crippen LogP contribution in [0, 0.1) is 16.7 Å². The average Bonchev–Trinajstić information content (AvgIpc) is 3.15. The van der Waals surface area contributed by atoms with Gasteiger partial charge in [-0.3, -0.25) is 0 Å². The van der Waals surface area contributed by atoms with Crippen LogP contribution in [0.2, 0.25) is 0 Å². The smallest absolute Gasteiger partial charge is 0.355 e. The summed E-state index contributed by atoms with van der Waals surface area (Å²) < 4.78 is 17.7. The second kappa shape index (κ2) is 5.93. The van der Waals surface area contributed by atoms with E-state index in [1.54, 1.807) is 13.0 Å². The Morgan fingerprint density at radius 1 is 1.22 bits per heavy atom. The van der Waals surface area contributed by atoms with E-state index in [9.17, 15) is 40.5 Å². The number of fused-ring (bicyclic) bond motifs is 1. The lowest BCUT2D eigenvalue weighted by Gasteiger charge is -2.59. The standard InChI is InChI=1S/C25H33NO11/c1-11(9-27)22(32)16(35-14(28)12-6-5-7-26-12)23(33)17(2)10-21(31)19(22,4)25(23,34)24(37-21)15(29)18(3)13(36-18)8-20(17,24)30/h5-7,11,13,15-16,26-27,29-34H,8-10H2,1-4H3/t11?,13-,15+,16-,17+,18-,19+,20+,21+,22-,23-,24-,25-/m1/s1. The Bertz CT molecular complexity index is 1240. The van der Waals surface area contributed by atoms with E-state index in [1.165, 1.54) is 33.0 Å². The summed E-state index contributed by atoms with van der Waals surface area (Å²) in [6.45, 7) is 5.03. The number of nitrogens with one attached hydrogen (secondary N) is 1. The fraction of sp³-hybridized carbons (Fsp3) is 0.800. The van der Waals surface area contributed by atoms with Crippen LogP contribution >= 0.6 is 0 Å². The van der Waals surface area contributed by atoms with Crippen LogP contribution in [0.15, 0.2) is 18.3 Å². The Morgan fingerprint density at radius 2 is 1.89 bits per heavy atom. The minimum atomic E-state index is -2.78. The van der Waals surface area contributed by atoms with Crippen molar-refractivity contribution in [1.29, 1.82) is 0 Å². The van der Waals surface area contributed by atoms with Gasteiger partial charge in [0.1, 0.15) is 39.8 Å². The summed E-state index contributed by atoms with van der Waals surface area (Å²) in [7, 11) is 0. The maximum Gasteiger partial charge on any atom is 0.355 e. The van der Waals surface area contributed by atoms with Crippen LogP contribution in [0.3, 0.4) is 0 Å². The van der Waals surface area contributed by atoms with Gasteiger partial charge in [0, 0.05) is 37.0 Å². The molecule has 4 saturated carbocycles. The number of aromatic amines is 1. The molecule has 0 radical (unpaired) electrons. The highest BCUT2D eigenvalue weighted by Crippen LogP contribution is 2.91. The summed E-state index contributed by atoms with van der Waals surface area (Å²) in [4.78, 5) is 15.9. The van der Waals surface area contributed by atoms with E-state index in [4.69, 9.17) is 14.2 Å². The van der Waals surface area contributed by atoms with Crippen LogP contribution < -0.4 is 0 Å². The number of carbonyl (C=O) groups excluding carboxylic acids is 1. The van der Waals surface area contributed by atoms with Crippen molar-refractivity contribution in [3.63, 3.8) is 0 Å². The molecule has 1 unspecified atom stereocenters. The average molecular weight is 524 g/mol. The van der Waals surface area contributed by atoms with Gasteiger partial charge in [-0.05, 0) is 26.0 Å². The Morgan fingerprint density at radius 3 is 2.49 bits per heavy atom. The molecule has 6 bridgehead atoms. The molecule has 0 aromatic carbocycles. The quantitative estimate of drug-likeness (QED) is 0.159. The van der Waals surface area contributed by atoms with E-state index >= 15 is 0 Å². The summed E-state index contributed by atoms with van der Waals surface area (Å²) in [5, 5.41) is 84.8. The lowest BCUT2D eigenvalue weighted by atomic mass is 9.52. The predicted octanol–water partition coefficient (Wildman–Crippen LogP) is -2.08. The minimum absolute atomic E-state index is 0.00436. The Balaban J connectivity index is 1.56. The van der Waals surface area contributed by atoms with Gasteiger partial charge in [-0.25, -0.2) is 4.79 Å². The predicted molar refractivity (Wildman–Crippen MR) is 120 cm³/mol. The molecule has 8 N–H and O–H groups in total. The van der Waals surface area contributed by atoms with Gasteiger partial charge in [0.25, 0.3) is 0 Å². The third-order valence-electron chi connectivity index (χ3n) is 11.9. The Kier molecular flexibility index (Phi) is 3.92. The molecule has 4 aliphatic carbocycles. The topological polar surface area (TPSA) is 205 Å². The van der Waals surface area contributed by atoms with Crippen LogP contribution in [-0.2, 0) is 14.2 Å². The first-order chi connectivity index (χ1) is 17.0. The fourth-order valence-corrected chi connectivity index (χ4v) is 9.88. The normalized spacial score (nSPS) is 62.8. The van der Waals surface area contributed by atoms with Gasteiger partial charge in [0.2, 0.25) is 0 Å². The maximum absolute atomic E-state index is 13.2. The molecule has 7 aliphatic rings. The molecule has 3 aliphatic heterocycles. The molecule has 37 heavy (non-hydrogen) atoms. The zero-order valence-corrected chi connectivity index (χ0v) is 20.9. The van der Waals surface area contributed by atoms with Gasteiger partial charge in [0.05, 0.1) is 11.5 Å². The molecule has 204 valence electrons. The zero-order chi connectivity index (χ0) is 27.0. The highest BCUT2D eigenvalue weighted by molar-refractivity contribution is 5.87. The SMILES string of the molecule is CC(CO)[C@@]1(O)[C@@H](OC(=O)c2ccc[nH]2)[C@@]2(O)[C@@]3(C)C[C@]4(O)O[C@@]5([C@@H](O)[C@]6(C)O[C@@H]6C[C@]35O)[C@@]2(O)[C@]14C. The van der Waals surface area contributed by atoms with Crippen molar-refractivity contribution in [1.82, 2.24) is 4.98 Å². The molecule has 8 rings (SSSR count). The van der Waals surface area contributed by atoms with Crippen molar-refractivity contribution < 1.29 is 54.8 Å². The molecule has 7 fully saturated rings. The molecule has 1 aromatic rings. The van der Waals surface area contributed by atoms with E-state index in [-0.39, 0.29) is 12.1 Å². The summed E-state index contributed by atoms with van der Waals surface area (Å²) in [5.74, 6) is -4.57. The van der Waals surface area contributed by atoms with Crippen molar-refractivity contribution in [3.05, 3.63) is 24.0 Å². The van der Waals surface area contributed by atoms with E-state index in [0.717, 1.165) is 0 Å². The van der Waals surface area contributed by atoms with Gasteiger partial charge in [-0.15, -0.1) is 0 Å². The Labute approximate surface area is 211 Å². The van der Waals surface area contributed by atoms with Gasteiger partial charge in [0.15, 0.2) is 17.5 Å². The summed E-state index contributed by atoms with van der Waals surface area (Å²) in [6, 6.07) is 2.97. The highest BCUT2D eigenvalue weighted by atomic mass is 16.7. The molecule has 1 aromatic heterocycles. The molecule has 1 spiro atoms. The van der Waals surface area contributed by atoms with Crippen LogP contribution in [-0.4, -0.2) is 111 Å². The van der Waals surface area contributed by atoms with Crippen LogP contribution in [0.1, 0.15) is 51.0 Å². The summed E-state index contributed by atoms with van der Waals surface area (Å²) >= 11 is 0. The van der Waals surface area contributed by atoms with Crippen LogP contribution in [0.25, 0.3) is 0 Å². The molecular formula is C25H33NO11. The lowest BCUT2D eigenvalue weighted by Crippen LogP contribution is -2.77. The van der Waals surface area contributed by atoms with Crippen molar-refractivity contribution in [3.8, 4) is 0 Å². The third-order valence-corrected chi connectivity index (χ3v) is 11.9. The van der Waals surface area contributed by atoms with Crippen molar-refractivity contribution in [2.75, 3.05) is 6.61 Å². The molecule has 4 heterocycles. The van der Waals surface area contributed by atoms with Gasteiger partial charge < -0.3 is 54.9 Å². The number of H-pyrrole nitrogens is 1. The second-order valence-corrected chi connectivity index (χ2v) is 12.8. The first kappa shape index (κ1) is 24.4. The number of epoxide rings is 1. The number of hydrogen-bond acceptors (Lipinski definition) is 11. The monoisotopic (exact) mass is 523 g/mol. The lowest BCUT2D eigenvalue weighted by molar-refractivity contribution is -0.387. The molecule has 12 heteroatoms. The van der Waals surface area contributed by atoms with E-state index < -0.39 is 93.5 Å². The van der Waals surface area contributed by atoms with Crippen molar-refractivity contribution in [2.24, 2.45) is 16.7 Å². The number of carbonyl (C=O) groups is 1. The number of rotatable bonds is 4. The summed E-state index contributed by atoms with van der Waals surface area (Å²) in [6.07, 6.45) is -3.48. The zero-order valence-electron chi connectivity index (χ0n) is 20.9. The van der Waals surface area contributed by atoms with E-state index in [0.29, 0.717) is 0 Å². The first-order valence-corrected chi connectivity index (χ1v) is 12.6. The maximum atomic E-state index is 13.2. The fourth-order valence-electron chi connectivity index (χ4n) is 9.88. The molecule has 0 amide bonds. The van der Waals surface area contributed by atoms with Gasteiger partial charge >= 0.3 is 5.97 Å². The largest absolute Gasteiger partial charge is 0.451 e. The molecule has 13 atom stereocenters. The second-order valence-electron chi connectivity index (χ2n) is 12.8. The van der Waals surface area contributed by atoms with E-state index in [1.807, 2.05) is 0 Å². The number of esters is 1. The Hall–Kier alpha value is -1.61. The minimum Gasteiger partial charge on any atom is -0.451 e. The summed E-state index contributed by atoms with van der Waals surface area (Å²) in [5.41, 5.74) is -18.0. The number of ether oxygens (including phenoxy) is 3. The van der Waals surface area contributed by atoms with Crippen molar-refractivity contribution >= 4 is 5.97 Å². The number of aliphatic hydroxyl groups is 7. The van der Waals surface area contributed by atoms with Gasteiger partial charge in [-0.1, -0.05) is 13.8 Å². The first-order valence-electron chi connectivity index (χ1n) is 12.6. The van der Waals surface area contributed by atoms with Crippen LogP contribution in [0.5, 0.6) is 0 Å². The number of aromatic nitrogens is 1. The van der Waals surface area contributed by atoms with E-state index in [2.05, 4.69) is 4.98 Å². The third kappa shape index (κ3) is 1.75. The number of hydrogen-bond donors (Lipinski definition) is 8. The molecule has 12 nitrogen and oxygen atoms in total. The van der Waals surface area contributed by atoms with Gasteiger partial charge in [-0.2, -0.15) is 0 Å².